The summed E-state index contributed by atoms with van der Waals surface area (Å²) in [5.74, 6) is 0.674. The van der Waals surface area contributed by atoms with Crippen LogP contribution in [-0.2, 0) is 0 Å². The van der Waals surface area contributed by atoms with Gasteiger partial charge in [0.05, 0.1) is 5.69 Å². The monoisotopic (exact) mass is 202 g/mol. The van der Waals surface area contributed by atoms with E-state index in [4.69, 9.17) is 0 Å². The van der Waals surface area contributed by atoms with Gasteiger partial charge in [0, 0.05) is 0 Å². The molecule has 3 rings (SSSR count). The van der Waals surface area contributed by atoms with Gasteiger partial charge in [0.15, 0.2) is 0 Å². The van der Waals surface area contributed by atoms with Crippen LogP contribution in [0.15, 0.2) is 29.1 Å². The minimum atomic E-state index is -0.303. The smallest absolute Gasteiger partial charge is 0.244 e. The Morgan fingerprint density at radius 1 is 1.40 bits per heavy atom. The van der Waals surface area contributed by atoms with E-state index in [1.165, 1.54) is 23.1 Å². The first-order valence-corrected chi connectivity index (χ1v) is 4.95. The lowest BCUT2D eigenvalue weighted by molar-refractivity contribution is 0.778. The van der Waals surface area contributed by atoms with E-state index in [9.17, 15) is 4.79 Å². The largest absolute Gasteiger partial charge is 0.365 e. The summed E-state index contributed by atoms with van der Waals surface area (Å²) in [6.07, 6.45) is 2.49. The number of benzene rings is 1. The SMILES string of the molecule is O=c1[nH]nnn1-c1cccc(C2CC2)c1. The fourth-order valence-corrected chi connectivity index (χ4v) is 1.69. The van der Waals surface area contributed by atoms with E-state index < -0.39 is 0 Å². The molecule has 1 saturated carbocycles. The van der Waals surface area contributed by atoms with Crippen molar-refractivity contribution in [2.75, 3.05) is 0 Å². The predicted molar refractivity (Wildman–Crippen MR) is 54.0 cm³/mol. The van der Waals surface area contributed by atoms with Crippen LogP contribution in [0, 0.1) is 0 Å². The molecule has 15 heavy (non-hydrogen) atoms. The molecule has 1 heterocycles. The van der Waals surface area contributed by atoms with Crippen molar-refractivity contribution in [1.29, 1.82) is 0 Å². The summed E-state index contributed by atoms with van der Waals surface area (Å²) in [6, 6.07) is 7.90. The molecule has 0 aliphatic heterocycles. The summed E-state index contributed by atoms with van der Waals surface area (Å²) < 4.78 is 1.27. The molecule has 1 aromatic carbocycles. The van der Waals surface area contributed by atoms with E-state index in [0.29, 0.717) is 5.92 Å². The fraction of sp³-hybridized carbons (Fsp3) is 0.300. The maximum absolute atomic E-state index is 11.3. The van der Waals surface area contributed by atoms with Gasteiger partial charge in [-0.1, -0.05) is 12.1 Å². The second-order valence-electron chi connectivity index (χ2n) is 3.79. The fourth-order valence-electron chi connectivity index (χ4n) is 1.69. The number of nitrogens with zero attached hydrogens (tertiary/aromatic N) is 3. The van der Waals surface area contributed by atoms with Crippen LogP contribution in [0.5, 0.6) is 0 Å². The molecule has 0 bridgehead atoms. The summed E-state index contributed by atoms with van der Waals surface area (Å²) in [5, 5.41) is 9.45. The first kappa shape index (κ1) is 8.40. The van der Waals surface area contributed by atoms with Gasteiger partial charge in [-0.15, -0.1) is 0 Å². The lowest BCUT2D eigenvalue weighted by Gasteiger charge is -2.01. The minimum absolute atomic E-state index is 0.303. The average Bonchev–Trinajstić information content (AvgIpc) is 3.02. The van der Waals surface area contributed by atoms with E-state index in [1.807, 2.05) is 18.2 Å². The van der Waals surface area contributed by atoms with E-state index in [2.05, 4.69) is 21.6 Å². The van der Waals surface area contributed by atoms with Crippen molar-refractivity contribution in [2.24, 2.45) is 0 Å². The third-order valence-corrected chi connectivity index (χ3v) is 2.64. The number of aromatic amines is 1. The number of rotatable bonds is 2. The van der Waals surface area contributed by atoms with Crippen LogP contribution in [0.4, 0.5) is 0 Å². The minimum Gasteiger partial charge on any atom is -0.244 e. The number of aromatic nitrogens is 4. The molecule has 5 nitrogen and oxygen atoms in total. The molecule has 2 aromatic rings. The second-order valence-corrected chi connectivity index (χ2v) is 3.79. The predicted octanol–water partition coefficient (Wildman–Crippen LogP) is 0.833. The molecule has 5 heteroatoms. The number of hydrogen-bond donors (Lipinski definition) is 1. The Bertz CT molecular complexity index is 538. The zero-order valence-corrected chi connectivity index (χ0v) is 8.05. The summed E-state index contributed by atoms with van der Waals surface area (Å²) in [5.41, 5.74) is 1.75. The van der Waals surface area contributed by atoms with Crippen LogP contribution < -0.4 is 5.69 Å². The molecule has 1 fully saturated rings. The second kappa shape index (κ2) is 3.05. The highest BCUT2D eigenvalue weighted by atomic mass is 16.2. The average molecular weight is 202 g/mol. The van der Waals surface area contributed by atoms with Gasteiger partial charge in [-0.05, 0) is 46.9 Å². The van der Waals surface area contributed by atoms with Crippen LogP contribution >= 0.6 is 0 Å². The Hall–Kier alpha value is -1.91. The first-order valence-electron chi connectivity index (χ1n) is 4.95. The summed E-state index contributed by atoms with van der Waals surface area (Å²) >= 11 is 0. The third kappa shape index (κ3) is 1.45. The molecular formula is C10H10N4O. The molecular weight excluding hydrogens is 192 g/mol. The van der Waals surface area contributed by atoms with Gasteiger partial charge < -0.3 is 0 Å². The maximum atomic E-state index is 11.3. The van der Waals surface area contributed by atoms with Crippen molar-refractivity contribution >= 4 is 0 Å². The summed E-state index contributed by atoms with van der Waals surface area (Å²) in [6.45, 7) is 0. The highest BCUT2D eigenvalue weighted by Crippen LogP contribution is 2.40. The van der Waals surface area contributed by atoms with Crippen LogP contribution in [0.25, 0.3) is 5.69 Å². The topological polar surface area (TPSA) is 63.6 Å². The van der Waals surface area contributed by atoms with Gasteiger partial charge in [-0.2, -0.15) is 4.68 Å². The highest BCUT2D eigenvalue weighted by molar-refractivity contribution is 5.37. The zero-order valence-electron chi connectivity index (χ0n) is 8.05. The van der Waals surface area contributed by atoms with E-state index >= 15 is 0 Å². The highest BCUT2D eigenvalue weighted by Gasteiger charge is 2.23. The quantitative estimate of drug-likeness (QED) is 0.784. The summed E-state index contributed by atoms with van der Waals surface area (Å²) in [4.78, 5) is 11.3. The first-order chi connectivity index (χ1) is 7.34. The van der Waals surface area contributed by atoms with E-state index in [0.717, 1.165) is 5.69 Å². The van der Waals surface area contributed by atoms with Gasteiger partial charge >= 0.3 is 5.69 Å². The third-order valence-electron chi connectivity index (χ3n) is 2.64. The van der Waals surface area contributed by atoms with Crippen LogP contribution in [0.1, 0.15) is 24.3 Å². The van der Waals surface area contributed by atoms with Crippen molar-refractivity contribution in [2.45, 2.75) is 18.8 Å². The Balaban J connectivity index is 2.08. The molecule has 0 radical (unpaired) electrons. The van der Waals surface area contributed by atoms with Crippen molar-refractivity contribution in [3.05, 3.63) is 40.3 Å². The standard InChI is InChI=1S/C10H10N4O/c15-10-11-12-13-14(10)9-3-1-2-8(6-9)7-4-5-7/h1-3,6-7H,4-5H2,(H,11,13,15). The molecule has 0 saturated heterocycles. The molecule has 1 aliphatic carbocycles. The number of H-pyrrole nitrogens is 1. The molecule has 0 unspecified atom stereocenters. The van der Waals surface area contributed by atoms with Gasteiger partial charge in [-0.3, -0.25) is 0 Å². The van der Waals surface area contributed by atoms with Crippen molar-refractivity contribution in [3.63, 3.8) is 0 Å². The van der Waals surface area contributed by atoms with Gasteiger partial charge in [0.1, 0.15) is 0 Å². The van der Waals surface area contributed by atoms with Crippen molar-refractivity contribution in [1.82, 2.24) is 20.2 Å². The molecule has 0 atom stereocenters. The zero-order chi connectivity index (χ0) is 10.3. The Morgan fingerprint density at radius 3 is 2.93 bits per heavy atom. The molecule has 0 amide bonds. The number of hydrogen-bond acceptors (Lipinski definition) is 3. The van der Waals surface area contributed by atoms with Gasteiger partial charge in [0.2, 0.25) is 0 Å². The lowest BCUT2D eigenvalue weighted by atomic mass is 10.1. The molecule has 0 spiro atoms. The number of nitrogens with one attached hydrogen (secondary N) is 1. The Kier molecular flexibility index (Phi) is 1.71. The summed E-state index contributed by atoms with van der Waals surface area (Å²) in [7, 11) is 0. The van der Waals surface area contributed by atoms with Crippen LogP contribution in [-0.4, -0.2) is 20.2 Å². The maximum Gasteiger partial charge on any atom is 0.365 e. The molecule has 1 aliphatic rings. The molecule has 76 valence electrons. The number of tetrazole rings is 1. The lowest BCUT2D eigenvalue weighted by Crippen LogP contribution is -2.15. The van der Waals surface area contributed by atoms with Crippen LogP contribution in [0.2, 0.25) is 0 Å². The Morgan fingerprint density at radius 2 is 2.27 bits per heavy atom. The van der Waals surface area contributed by atoms with Gasteiger partial charge in [0.25, 0.3) is 0 Å². The van der Waals surface area contributed by atoms with Crippen molar-refractivity contribution < 1.29 is 0 Å². The van der Waals surface area contributed by atoms with E-state index in [1.54, 1.807) is 0 Å². The van der Waals surface area contributed by atoms with Crippen molar-refractivity contribution in [3.8, 4) is 5.69 Å². The van der Waals surface area contributed by atoms with Crippen LogP contribution in [0.3, 0.4) is 0 Å². The normalized spacial score (nSPS) is 15.5. The molecule has 1 N–H and O–H groups in total. The Labute approximate surface area is 85.7 Å². The molecule has 1 aromatic heterocycles. The van der Waals surface area contributed by atoms with Gasteiger partial charge in [-0.25, -0.2) is 9.89 Å². The van der Waals surface area contributed by atoms with E-state index in [-0.39, 0.29) is 5.69 Å².